The number of halogens is 2. The molecule has 0 atom stereocenters. The van der Waals surface area contributed by atoms with Gasteiger partial charge in [-0.1, -0.05) is 59.7 Å². The van der Waals surface area contributed by atoms with Crippen molar-refractivity contribution >= 4 is 0 Å². The summed E-state index contributed by atoms with van der Waals surface area (Å²) in [5.74, 6) is 2.78. The van der Waals surface area contributed by atoms with Crippen LogP contribution in [-0.2, 0) is 17.1 Å². The summed E-state index contributed by atoms with van der Waals surface area (Å²) in [6, 6.07) is 39.5. The third-order valence-electron chi connectivity index (χ3n) is 7.49. The molecule has 18 nitrogen and oxygen atoms in total. The minimum atomic E-state index is -4.94. The van der Waals surface area contributed by atoms with E-state index >= 15 is 0 Å². The fourth-order valence-electron chi connectivity index (χ4n) is 5.09. The summed E-state index contributed by atoms with van der Waals surface area (Å²) < 4.78 is 71.9. The van der Waals surface area contributed by atoms with Crippen LogP contribution in [0.4, 0.5) is 0 Å². The number of aryl methyl sites for hydroxylation is 2. The first-order valence-corrected chi connectivity index (χ1v) is 19.1. The second-order valence-corrected chi connectivity index (χ2v) is 13.2. The minimum absolute atomic E-state index is 0. The Morgan fingerprint density at radius 3 is 0.763 bits per heavy atom. The largest absolute Gasteiger partial charge is 2.00 e. The van der Waals surface area contributed by atoms with Crippen molar-refractivity contribution in [1.82, 2.24) is 49.5 Å². The van der Waals surface area contributed by atoms with Crippen LogP contribution < -0.4 is 37.3 Å². The van der Waals surface area contributed by atoms with E-state index in [2.05, 4.69) is 103 Å². The molecule has 0 aliphatic heterocycles. The maximum absolute atomic E-state index is 8.49. The van der Waals surface area contributed by atoms with Crippen LogP contribution in [0.1, 0.15) is 11.1 Å². The molecular formula is C38H30Cl2CuN10O8. The van der Waals surface area contributed by atoms with Crippen LogP contribution in [0.15, 0.2) is 146 Å². The summed E-state index contributed by atoms with van der Waals surface area (Å²) in [7, 11) is -9.89. The zero-order chi connectivity index (χ0) is 41.7. The van der Waals surface area contributed by atoms with Crippen molar-refractivity contribution in [2.75, 3.05) is 0 Å². The van der Waals surface area contributed by atoms with Crippen molar-refractivity contribution in [3.05, 3.63) is 157 Å². The SMILES string of the molecule is Cc1ccc(-n2c(-c3ccccn3)nnc2-c2ccccn2)cc1.Cc1ccc(-n2c(-c3ccccn3)nnc2-c2ccccn2)cc1.[Cu+2].[O-][Cl+3]([O-])([O-])[O-].[O-][Cl+3]([O-])([O-])[O-]. The standard InChI is InChI=1S/2C19H15N5.2ClHO4.Cu/c2*1-14-8-10-15(11-9-14)24-18(16-6-2-4-12-20-16)22-23-19(24)17-7-3-5-13-21-17;2*2-1(3,4)5;/h2*2-13H,1H3;2*(H,2,3,4,5);/q;;;;+2/p-2. The molecule has 0 saturated heterocycles. The number of benzene rings is 2. The van der Waals surface area contributed by atoms with Crippen molar-refractivity contribution in [3.8, 4) is 57.4 Å². The van der Waals surface area contributed by atoms with Gasteiger partial charge in [-0.25, -0.2) is 37.3 Å². The monoisotopic (exact) mass is 887 g/mol. The topological polar surface area (TPSA) is 297 Å². The number of rotatable bonds is 6. The summed E-state index contributed by atoms with van der Waals surface area (Å²) in [6.07, 6.45) is 7.02. The fourth-order valence-corrected chi connectivity index (χ4v) is 5.09. The van der Waals surface area contributed by atoms with Gasteiger partial charge < -0.3 is 0 Å². The molecule has 0 N–H and O–H groups in total. The molecular weight excluding hydrogens is 859 g/mol. The molecule has 0 aliphatic rings. The maximum Gasteiger partial charge on any atom is 2.00 e. The van der Waals surface area contributed by atoms with E-state index in [4.69, 9.17) is 37.3 Å². The third-order valence-corrected chi connectivity index (χ3v) is 7.49. The predicted molar refractivity (Wildman–Crippen MR) is 185 cm³/mol. The van der Waals surface area contributed by atoms with Crippen molar-refractivity contribution in [2.24, 2.45) is 0 Å². The average molecular weight is 889 g/mol. The smallest absolute Gasteiger partial charge is 0.272 e. The summed E-state index contributed by atoms with van der Waals surface area (Å²) in [5.41, 5.74) is 7.44. The van der Waals surface area contributed by atoms with E-state index in [-0.39, 0.29) is 17.1 Å². The Kier molecular flexibility index (Phi) is 16.5. The van der Waals surface area contributed by atoms with Gasteiger partial charge in [0, 0.05) is 36.2 Å². The van der Waals surface area contributed by atoms with Crippen LogP contribution in [0.3, 0.4) is 0 Å². The number of hydrogen-bond donors (Lipinski definition) is 0. The van der Waals surface area contributed by atoms with Crippen LogP contribution in [0.2, 0.25) is 0 Å². The van der Waals surface area contributed by atoms with Gasteiger partial charge in [-0.05, 0) is 86.6 Å². The molecule has 8 aromatic rings. The first-order chi connectivity index (χ1) is 27.7. The van der Waals surface area contributed by atoms with Crippen molar-refractivity contribution in [1.29, 1.82) is 0 Å². The van der Waals surface area contributed by atoms with Gasteiger partial charge in [0.1, 0.15) is 22.8 Å². The summed E-state index contributed by atoms with van der Waals surface area (Å²) in [6.45, 7) is 4.13. The quantitative estimate of drug-likeness (QED) is 0.161. The van der Waals surface area contributed by atoms with Gasteiger partial charge in [-0.15, -0.1) is 40.9 Å². The van der Waals surface area contributed by atoms with Crippen LogP contribution in [-0.4, -0.2) is 49.5 Å². The van der Waals surface area contributed by atoms with E-state index in [9.17, 15) is 0 Å². The van der Waals surface area contributed by atoms with Crippen LogP contribution >= 0.6 is 0 Å². The first kappa shape index (κ1) is 45.8. The van der Waals surface area contributed by atoms with Gasteiger partial charge in [0.05, 0.1) is 0 Å². The molecule has 0 fully saturated rings. The van der Waals surface area contributed by atoms with E-state index in [0.29, 0.717) is 23.3 Å². The molecule has 0 amide bonds. The molecule has 0 unspecified atom stereocenters. The first-order valence-electron chi connectivity index (χ1n) is 16.6. The Morgan fingerprint density at radius 2 is 0.576 bits per heavy atom. The van der Waals surface area contributed by atoms with E-state index in [0.717, 1.165) is 34.2 Å². The van der Waals surface area contributed by atoms with E-state index < -0.39 is 20.5 Å². The number of nitrogens with zero attached hydrogens (tertiary/aromatic N) is 10. The van der Waals surface area contributed by atoms with E-state index in [1.807, 2.05) is 81.9 Å². The van der Waals surface area contributed by atoms with Crippen molar-refractivity contribution < 1.29 is 74.8 Å². The van der Waals surface area contributed by atoms with Gasteiger partial charge in [-0.3, -0.25) is 29.1 Å². The Morgan fingerprint density at radius 1 is 0.356 bits per heavy atom. The number of aromatic nitrogens is 10. The molecule has 6 heterocycles. The number of hydrogen-bond acceptors (Lipinski definition) is 16. The Labute approximate surface area is 351 Å². The Hall–Kier alpha value is -5.90. The second kappa shape index (κ2) is 21.2. The maximum atomic E-state index is 8.49. The molecule has 0 saturated carbocycles. The zero-order valence-electron chi connectivity index (χ0n) is 30.7. The van der Waals surface area contributed by atoms with Gasteiger partial charge in [0.15, 0.2) is 23.3 Å². The minimum Gasteiger partial charge on any atom is -0.272 e. The fraction of sp³-hybridized carbons (Fsp3) is 0.0526. The summed E-state index contributed by atoms with van der Waals surface area (Å²) >= 11 is 0. The molecule has 21 heteroatoms. The van der Waals surface area contributed by atoms with Gasteiger partial charge >= 0.3 is 17.1 Å². The van der Waals surface area contributed by atoms with E-state index in [1.165, 1.54) is 11.1 Å². The molecule has 2 aromatic carbocycles. The van der Waals surface area contributed by atoms with Gasteiger partial charge in [0.2, 0.25) is 0 Å². The van der Waals surface area contributed by atoms with Crippen LogP contribution in [0.25, 0.3) is 57.4 Å². The molecule has 0 spiro atoms. The van der Waals surface area contributed by atoms with Crippen LogP contribution in [0.5, 0.6) is 0 Å². The molecule has 6 aromatic heterocycles. The third kappa shape index (κ3) is 14.2. The Bertz CT molecular complexity index is 2160. The summed E-state index contributed by atoms with van der Waals surface area (Å²) in [5, 5.41) is 17.5. The van der Waals surface area contributed by atoms with E-state index in [1.54, 1.807) is 24.8 Å². The molecule has 59 heavy (non-hydrogen) atoms. The molecule has 1 radical (unpaired) electrons. The van der Waals surface area contributed by atoms with Gasteiger partial charge in [0.25, 0.3) is 0 Å². The molecule has 0 aliphatic carbocycles. The van der Waals surface area contributed by atoms with Gasteiger partial charge in [-0.2, -0.15) is 0 Å². The number of pyridine rings is 4. The van der Waals surface area contributed by atoms with Crippen molar-refractivity contribution in [2.45, 2.75) is 13.8 Å². The van der Waals surface area contributed by atoms with Crippen molar-refractivity contribution in [3.63, 3.8) is 0 Å². The Balaban J connectivity index is 0.000000210. The molecule has 8 rings (SSSR count). The average Bonchev–Trinajstić information content (AvgIpc) is 3.85. The second-order valence-electron chi connectivity index (χ2n) is 11.7. The predicted octanol–water partition coefficient (Wildman–Crippen LogP) is -2.12. The zero-order valence-corrected chi connectivity index (χ0v) is 33.1. The van der Waals surface area contributed by atoms with Crippen LogP contribution in [0, 0.1) is 34.3 Å². The molecule has 305 valence electrons. The normalized spacial score (nSPS) is 10.7. The summed E-state index contributed by atoms with van der Waals surface area (Å²) in [4.78, 5) is 17.7. The molecule has 0 bridgehead atoms.